The van der Waals surface area contributed by atoms with Crippen LogP contribution in [0.3, 0.4) is 0 Å². The summed E-state index contributed by atoms with van der Waals surface area (Å²) in [6, 6.07) is 7.58. The molecule has 2 aliphatic rings. The molecule has 1 aromatic rings. The van der Waals surface area contributed by atoms with Crippen LogP contribution in [0.15, 0.2) is 29.2 Å². The van der Waals surface area contributed by atoms with E-state index < -0.39 is 0 Å². The summed E-state index contributed by atoms with van der Waals surface area (Å²) in [5, 5.41) is 3.02. The maximum atomic E-state index is 12.5. The van der Waals surface area contributed by atoms with Crippen LogP contribution in [0.25, 0.3) is 0 Å². The van der Waals surface area contributed by atoms with Crippen molar-refractivity contribution in [1.29, 1.82) is 0 Å². The van der Waals surface area contributed by atoms with Gasteiger partial charge in [0.2, 0.25) is 5.91 Å². The molecule has 1 aromatic carbocycles. The van der Waals surface area contributed by atoms with E-state index in [4.69, 9.17) is 5.73 Å². The van der Waals surface area contributed by atoms with Gasteiger partial charge in [0.25, 0.3) is 5.91 Å². The zero-order valence-corrected chi connectivity index (χ0v) is 15.4. The monoisotopic (exact) mass is 362 g/mol. The number of para-hydroxylation sites is 1. The van der Waals surface area contributed by atoms with Gasteiger partial charge in [-0.3, -0.25) is 9.59 Å². The highest BCUT2D eigenvalue weighted by atomic mass is 32.2. The molecule has 2 fully saturated rings. The van der Waals surface area contributed by atoms with Crippen molar-refractivity contribution in [3.63, 3.8) is 0 Å². The van der Waals surface area contributed by atoms with Crippen LogP contribution < -0.4 is 16.0 Å². The molecule has 1 aliphatic carbocycles. The molecule has 3 atom stereocenters. The molecule has 3 rings (SSSR count). The van der Waals surface area contributed by atoms with Crippen molar-refractivity contribution in [2.45, 2.75) is 37.0 Å². The Labute approximate surface area is 153 Å². The Bertz CT molecular complexity index is 622. The van der Waals surface area contributed by atoms with E-state index in [9.17, 15) is 9.59 Å². The van der Waals surface area contributed by atoms with Gasteiger partial charge in [0.1, 0.15) is 0 Å². The maximum Gasteiger partial charge on any atom is 0.279 e. The lowest BCUT2D eigenvalue weighted by Crippen LogP contribution is -3.15. The number of carbonyl (C=O) groups is 2. The number of carbonyl (C=O) groups excluding carboxylic acids is 2. The van der Waals surface area contributed by atoms with Gasteiger partial charge in [0, 0.05) is 10.8 Å². The molecule has 1 aliphatic heterocycles. The van der Waals surface area contributed by atoms with Crippen molar-refractivity contribution < 1.29 is 14.5 Å². The molecular weight excluding hydrogens is 334 g/mol. The number of rotatable bonds is 6. The first-order chi connectivity index (χ1) is 12.1. The topological polar surface area (TPSA) is 76.6 Å². The number of piperidine rings is 1. The summed E-state index contributed by atoms with van der Waals surface area (Å²) in [5.41, 5.74) is 5.99. The molecule has 1 unspecified atom stereocenters. The Morgan fingerprint density at radius 1 is 1.16 bits per heavy atom. The highest BCUT2D eigenvalue weighted by Crippen LogP contribution is 2.32. The van der Waals surface area contributed by atoms with Gasteiger partial charge >= 0.3 is 0 Å². The van der Waals surface area contributed by atoms with Gasteiger partial charge in [-0.15, -0.1) is 11.8 Å². The standard InChI is InChI=1S/C19H27N3O2S/c20-18(23)13-25-17-8-4-3-7-16(17)21-19(24)12-22-10-9-14-5-1-2-6-15(14)11-22/h3-4,7-8,14-15H,1-2,5-6,9-13H2,(H2,20,23)(H,21,24)/p+1/t14-,15+/m0/s1. The van der Waals surface area contributed by atoms with Gasteiger partial charge in [0.05, 0.1) is 24.5 Å². The second kappa shape index (κ2) is 8.72. The first kappa shape index (κ1) is 18.3. The number of primary amides is 1. The van der Waals surface area contributed by atoms with Gasteiger partial charge < -0.3 is 16.0 Å². The number of fused-ring (bicyclic) bond motifs is 1. The number of quaternary nitrogens is 1. The number of nitrogens with one attached hydrogen (secondary N) is 2. The van der Waals surface area contributed by atoms with Crippen molar-refractivity contribution in [1.82, 2.24) is 0 Å². The van der Waals surface area contributed by atoms with Crippen LogP contribution in [0.4, 0.5) is 5.69 Å². The zero-order chi connectivity index (χ0) is 17.6. The SMILES string of the molecule is NC(=O)CSc1ccccc1NC(=O)C[NH+]1CC[C@@H]2CCCC[C@@H]2C1. The number of nitrogens with two attached hydrogens (primary N) is 1. The van der Waals surface area contributed by atoms with E-state index in [1.165, 1.54) is 48.8 Å². The van der Waals surface area contributed by atoms with Crippen molar-refractivity contribution in [3.8, 4) is 0 Å². The minimum absolute atomic E-state index is 0.0522. The van der Waals surface area contributed by atoms with Gasteiger partial charge in [0.15, 0.2) is 6.54 Å². The number of benzene rings is 1. The average molecular weight is 363 g/mol. The third-order valence-corrected chi connectivity index (χ3v) is 6.52. The normalized spacial score (nSPS) is 25.8. The summed E-state index contributed by atoms with van der Waals surface area (Å²) in [5.74, 6) is 1.62. The predicted molar refractivity (Wildman–Crippen MR) is 101 cm³/mol. The zero-order valence-electron chi connectivity index (χ0n) is 14.6. The Hall–Kier alpha value is -1.53. The van der Waals surface area contributed by atoms with Crippen LogP contribution in [0.1, 0.15) is 32.1 Å². The van der Waals surface area contributed by atoms with Crippen molar-refractivity contribution in [3.05, 3.63) is 24.3 Å². The number of hydrogen-bond donors (Lipinski definition) is 3. The van der Waals surface area contributed by atoms with E-state index in [0.717, 1.165) is 35.5 Å². The first-order valence-electron chi connectivity index (χ1n) is 9.25. The van der Waals surface area contributed by atoms with Crippen LogP contribution in [-0.2, 0) is 9.59 Å². The molecule has 0 aromatic heterocycles. The first-order valence-corrected chi connectivity index (χ1v) is 10.2. The number of thioether (sulfide) groups is 1. The molecule has 4 N–H and O–H groups in total. The second-order valence-corrected chi connectivity index (χ2v) is 8.29. The van der Waals surface area contributed by atoms with E-state index in [1.807, 2.05) is 24.3 Å². The van der Waals surface area contributed by atoms with Crippen LogP contribution in [0.2, 0.25) is 0 Å². The van der Waals surface area contributed by atoms with Crippen molar-refractivity contribution in [2.75, 3.05) is 30.7 Å². The fourth-order valence-corrected chi connectivity index (χ4v) is 4.97. The van der Waals surface area contributed by atoms with Crippen molar-refractivity contribution in [2.24, 2.45) is 17.6 Å². The minimum atomic E-state index is -0.356. The van der Waals surface area contributed by atoms with E-state index in [0.29, 0.717) is 6.54 Å². The lowest BCUT2D eigenvalue weighted by molar-refractivity contribution is -0.902. The van der Waals surface area contributed by atoms with Crippen LogP contribution in [-0.4, -0.2) is 37.2 Å². The Morgan fingerprint density at radius 3 is 2.72 bits per heavy atom. The summed E-state index contributed by atoms with van der Waals surface area (Å²) in [4.78, 5) is 25.8. The molecule has 1 heterocycles. The maximum absolute atomic E-state index is 12.5. The Morgan fingerprint density at radius 2 is 1.92 bits per heavy atom. The quantitative estimate of drug-likeness (QED) is 0.668. The molecule has 136 valence electrons. The molecule has 5 nitrogen and oxygen atoms in total. The van der Waals surface area contributed by atoms with Gasteiger partial charge in [-0.25, -0.2) is 0 Å². The van der Waals surface area contributed by atoms with Crippen LogP contribution in [0.5, 0.6) is 0 Å². The van der Waals surface area contributed by atoms with Gasteiger partial charge in [-0.1, -0.05) is 25.0 Å². The predicted octanol–water partition coefficient (Wildman–Crippen LogP) is 1.30. The van der Waals surface area contributed by atoms with Gasteiger partial charge in [-0.05, 0) is 37.3 Å². The summed E-state index contributed by atoms with van der Waals surface area (Å²) in [6.45, 7) is 2.76. The largest absolute Gasteiger partial charge is 0.369 e. The van der Waals surface area contributed by atoms with Crippen molar-refractivity contribution >= 4 is 29.3 Å². The molecule has 0 radical (unpaired) electrons. The third-order valence-electron chi connectivity index (χ3n) is 5.43. The highest BCUT2D eigenvalue weighted by molar-refractivity contribution is 8.00. The molecule has 25 heavy (non-hydrogen) atoms. The summed E-state index contributed by atoms with van der Waals surface area (Å²) in [7, 11) is 0. The molecular formula is C19H28N3O2S+. The fourth-order valence-electron chi connectivity index (χ4n) is 4.22. The number of hydrogen-bond acceptors (Lipinski definition) is 3. The molecule has 0 bridgehead atoms. The molecule has 1 saturated carbocycles. The summed E-state index contributed by atoms with van der Waals surface area (Å²) in [6.07, 6.45) is 6.72. The Balaban J connectivity index is 1.53. The molecule has 2 amide bonds. The fraction of sp³-hybridized carbons (Fsp3) is 0.579. The highest BCUT2D eigenvalue weighted by Gasteiger charge is 2.34. The van der Waals surface area contributed by atoms with Gasteiger partial charge in [-0.2, -0.15) is 0 Å². The Kier molecular flexibility index (Phi) is 6.37. The third kappa shape index (κ3) is 5.22. The molecule has 0 spiro atoms. The average Bonchev–Trinajstić information content (AvgIpc) is 2.60. The molecule has 6 heteroatoms. The summed E-state index contributed by atoms with van der Waals surface area (Å²) >= 11 is 1.36. The molecule has 1 saturated heterocycles. The van der Waals surface area contributed by atoms with E-state index in [1.54, 1.807) is 0 Å². The minimum Gasteiger partial charge on any atom is -0.369 e. The number of likely N-dealkylation sites (tertiary alicyclic amines) is 1. The van der Waals surface area contributed by atoms with Crippen LogP contribution in [0, 0.1) is 11.8 Å². The number of amides is 2. The lowest BCUT2D eigenvalue weighted by Gasteiger charge is -2.38. The smallest absolute Gasteiger partial charge is 0.279 e. The lowest BCUT2D eigenvalue weighted by atomic mass is 9.75. The summed E-state index contributed by atoms with van der Waals surface area (Å²) < 4.78 is 0. The van der Waals surface area contributed by atoms with E-state index in [-0.39, 0.29) is 17.6 Å². The van der Waals surface area contributed by atoms with Crippen LogP contribution >= 0.6 is 11.8 Å². The number of anilines is 1. The van der Waals surface area contributed by atoms with E-state index >= 15 is 0 Å². The second-order valence-electron chi connectivity index (χ2n) is 7.27. The van der Waals surface area contributed by atoms with E-state index in [2.05, 4.69) is 5.32 Å².